The zero-order valence-electron chi connectivity index (χ0n) is 11.9. The molecule has 2 aromatic rings. The van der Waals surface area contributed by atoms with Gasteiger partial charge in [0.1, 0.15) is 16.9 Å². The van der Waals surface area contributed by atoms with E-state index in [4.69, 9.17) is 4.74 Å². The standard InChI is InChI=1S/C15H15N3O3.H2O/c19-10-12-9-18(14-3-1-2-8-21-14)16-15(12)11-4-6-13(17-20)7-5-11;/h4-7,9-10,14H,1-3,8H2;1H2. The van der Waals surface area contributed by atoms with Crippen LogP contribution in [0.5, 0.6) is 0 Å². The lowest BCUT2D eigenvalue weighted by Crippen LogP contribution is -2.43. The molecule has 7 heteroatoms. The minimum Gasteiger partial charge on any atom is -0.870 e. The monoisotopic (exact) mass is 303 g/mol. The van der Waals surface area contributed by atoms with Crippen LogP contribution in [0.3, 0.4) is 0 Å². The summed E-state index contributed by atoms with van der Waals surface area (Å²) in [5.41, 5.74) is 2.48. The summed E-state index contributed by atoms with van der Waals surface area (Å²) in [6.45, 7) is 0.738. The van der Waals surface area contributed by atoms with E-state index in [9.17, 15) is 9.70 Å². The SMILES string of the molecule is O=Cc1c[n+](C2CCCCO2)[nH]c1-c1ccc(N=O)cc1.[OH-]. The lowest BCUT2D eigenvalue weighted by atomic mass is 10.1. The number of nitroso groups, excluding NO2 is 1. The Morgan fingerprint density at radius 1 is 1.27 bits per heavy atom. The summed E-state index contributed by atoms with van der Waals surface area (Å²) in [4.78, 5) is 21.7. The Kier molecular flexibility index (Phi) is 5.13. The van der Waals surface area contributed by atoms with Crippen LogP contribution in [0.25, 0.3) is 11.3 Å². The van der Waals surface area contributed by atoms with Crippen LogP contribution >= 0.6 is 0 Å². The zero-order chi connectivity index (χ0) is 14.7. The summed E-state index contributed by atoms with van der Waals surface area (Å²) >= 11 is 0. The van der Waals surface area contributed by atoms with Crippen LogP contribution in [-0.2, 0) is 4.74 Å². The molecule has 0 amide bonds. The fourth-order valence-electron chi connectivity index (χ4n) is 2.55. The number of aromatic nitrogens is 2. The number of carbonyl (C=O) groups is 1. The first kappa shape index (κ1) is 16.0. The number of nitrogens with zero attached hydrogens (tertiary/aromatic N) is 2. The topological polar surface area (TPSA) is 105 Å². The molecular weight excluding hydrogens is 286 g/mol. The van der Waals surface area contributed by atoms with Gasteiger partial charge in [-0.1, -0.05) is 16.8 Å². The first-order valence-electron chi connectivity index (χ1n) is 6.96. The first-order valence-corrected chi connectivity index (χ1v) is 6.96. The van der Waals surface area contributed by atoms with Gasteiger partial charge in [0.15, 0.2) is 6.29 Å². The van der Waals surface area contributed by atoms with Crippen molar-refractivity contribution in [3.05, 3.63) is 40.9 Å². The van der Waals surface area contributed by atoms with Crippen LogP contribution in [0.4, 0.5) is 5.69 Å². The number of H-pyrrole nitrogens is 1. The normalized spacial score (nSPS) is 17.5. The van der Waals surface area contributed by atoms with Crippen molar-refractivity contribution >= 4 is 12.0 Å². The summed E-state index contributed by atoms with van der Waals surface area (Å²) in [6, 6.07) is 6.78. The van der Waals surface area contributed by atoms with Crippen molar-refractivity contribution in [3.63, 3.8) is 0 Å². The van der Waals surface area contributed by atoms with Crippen LogP contribution < -0.4 is 4.68 Å². The second-order valence-electron chi connectivity index (χ2n) is 5.06. The van der Waals surface area contributed by atoms with Crippen molar-refractivity contribution in [2.24, 2.45) is 5.18 Å². The minimum absolute atomic E-state index is 0. The highest BCUT2D eigenvalue weighted by Gasteiger charge is 2.26. The highest BCUT2D eigenvalue weighted by Crippen LogP contribution is 2.24. The zero-order valence-corrected chi connectivity index (χ0v) is 11.9. The van der Waals surface area contributed by atoms with E-state index in [0.717, 1.165) is 43.4 Å². The molecule has 1 atom stereocenters. The third-order valence-corrected chi connectivity index (χ3v) is 3.66. The number of hydrogen-bond acceptors (Lipinski definition) is 5. The number of hydrogen-bond donors (Lipinski definition) is 1. The number of aldehydes is 1. The fraction of sp³-hybridized carbons (Fsp3) is 0.333. The number of carbonyl (C=O) groups excluding carboxylic acids is 1. The van der Waals surface area contributed by atoms with E-state index < -0.39 is 0 Å². The maximum atomic E-state index is 11.3. The Labute approximate surface area is 127 Å². The predicted molar refractivity (Wildman–Crippen MR) is 78.0 cm³/mol. The maximum Gasteiger partial charge on any atom is 0.285 e. The number of rotatable bonds is 4. The van der Waals surface area contributed by atoms with E-state index in [1.54, 1.807) is 30.5 Å². The number of benzene rings is 1. The van der Waals surface area contributed by atoms with Crippen LogP contribution in [0.1, 0.15) is 35.8 Å². The quantitative estimate of drug-likeness (QED) is 0.532. The molecule has 22 heavy (non-hydrogen) atoms. The van der Waals surface area contributed by atoms with E-state index in [-0.39, 0.29) is 11.7 Å². The molecule has 0 radical (unpaired) electrons. The van der Waals surface area contributed by atoms with E-state index in [2.05, 4.69) is 10.3 Å². The summed E-state index contributed by atoms with van der Waals surface area (Å²) in [5, 5.41) is 6.08. The molecule has 1 aliphatic rings. The van der Waals surface area contributed by atoms with Crippen molar-refractivity contribution in [1.82, 2.24) is 5.10 Å². The molecule has 116 valence electrons. The van der Waals surface area contributed by atoms with Crippen molar-refractivity contribution in [3.8, 4) is 11.3 Å². The van der Waals surface area contributed by atoms with Gasteiger partial charge >= 0.3 is 0 Å². The summed E-state index contributed by atoms with van der Waals surface area (Å²) in [5.74, 6) is 0. The lowest BCUT2D eigenvalue weighted by molar-refractivity contribution is -0.810. The van der Waals surface area contributed by atoms with Gasteiger partial charge in [0.2, 0.25) is 6.20 Å². The smallest absolute Gasteiger partial charge is 0.285 e. The van der Waals surface area contributed by atoms with Gasteiger partial charge in [-0.05, 0) is 30.2 Å². The van der Waals surface area contributed by atoms with Crippen molar-refractivity contribution in [2.45, 2.75) is 25.5 Å². The number of aromatic amines is 1. The van der Waals surface area contributed by atoms with Crippen LogP contribution in [-0.4, -0.2) is 23.5 Å². The van der Waals surface area contributed by atoms with E-state index in [1.165, 1.54) is 0 Å². The summed E-state index contributed by atoms with van der Waals surface area (Å²) in [7, 11) is 0. The highest BCUT2D eigenvalue weighted by molar-refractivity contribution is 5.84. The Hall–Kier alpha value is -2.38. The third-order valence-electron chi connectivity index (χ3n) is 3.66. The van der Waals surface area contributed by atoms with Gasteiger partial charge in [-0.15, -0.1) is 4.91 Å². The van der Waals surface area contributed by atoms with E-state index >= 15 is 0 Å². The lowest BCUT2D eigenvalue weighted by Gasteiger charge is -2.15. The highest BCUT2D eigenvalue weighted by atomic mass is 16.5. The Morgan fingerprint density at radius 3 is 2.64 bits per heavy atom. The summed E-state index contributed by atoms with van der Waals surface area (Å²) < 4.78 is 7.55. The fourth-order valence-corrected chi connectivity index (χ4v) is 2.55. The number of ether oxygens (including phenoxy) is 1. The molecule has 1 unspecified atom stereocenters. The Bertz CT molecular complexity index is 645. The van der Waals surface area contributed by atoms with Gasteiger partial charge in [0.05, 0.1) is 6.61 Å². The second kappa shape index (κ2) is 7.06. The Morgan fingerprint density at radius 2 is 2.05 bits per heavy atom. The molecule has 1 fully saturated rings. The van der Waals surface area contributed by atoms with Gasteiger partial charge in [-0.2, -0.15) is 5.10 Å². The predicted octanol–water partition coefficient (Wildman–Crippen LogP) is 2.70. The second-order valence-corrected chi connectivity index (χ2v) is 5.06. The molecule has 0 bridgehead atoms. The molecule has 0 aliphatic carbocycles. The van der Waals surface area contributed by atoms with Crippen molar-refractivity contribution in [2.75, 3.05) is 6.61 Å². The minimum atomic E-state index is -0.0536. The molecule has 7 nitrogen and oxygen atoms in total. The molecule has 1 aromatic heterocycles. The van der Waals surface area contributed by atoms with Gasteiger partial charge in [-0.25, -0.2) is 0 Å². The molecule has 0 saturated carbocycles. The average Bonchev–Trinajstić information content (AvgIpc) is 3.00. The number of nitrogens with one attached hydrogen (secondary N) is 1. The van der Waals surface area contributed by atoms with Crippen LogP contribution in [0.15, 0.2) is 35.6 Å². The van der Waals surface area contributed by atoms with Gasteiger partial charge in [-0.3, -0.25) is 4.79 Å². The van der Waals surface area contributed by atoms with Gasteiger partial charge < -0.3 is 10.2 Å². The van der Waals surface area contributed by atoms with Gasteiger partial charge in [0.25, 0.3) is 6.23 Å². The maximum absolute atomic E-state index is 11.3. The Balaban J connectivity index is 0.00000176. The molecule has 0 spiro atoms. The van der Waals surface area contributed by atoms with Crippen LogP contribution in [0.2, 0.25) is 0 Å². The molecule has 1 aliphatic heterocycles. The average molecular weight is 303 g/mol. The van der Waals surface area contributed by atoms with Crippen LogP contribution in [0, 0.1) is 4.91 Å². The van der Waals surface area contributed by atoms with Crippen molar-refractivity contribution in [1.29, 1.82) is 0 Å². The molecule has 1 aromatic carbocycles. The van der Waals surface area contributed by atoms with E-state index in [0.29, 0.717) is 11.3 Å². The van der Waals surface area contributed by atoms with E-state index in [1.807, 2.05) is 4.68 Å². The molecule has 1 saturated heterocycles. The molecular formula is C15H17N3O4. The molecule has 2 N–H and O–H groups in total. The molecule has 3 rings (SSSR count). The molecule has 2 heterocycles. The summed E-state index contributed by atoms with van der Waals surface area (Å²) in [6.07, 6.45) is 5.65. The van der Waals surface area contributed by atoms with Gasteiger partial charge in [0, 0.05) is 12.0 Å². The first-order chi connectivity index (χ1) is 10.3. The van der Waals surface area contributed by atoms with Crippen molar-refractivity contribution < 1.29 is 19.7 Å². The largest absolute Gasteiger partial charge is 0.870 e. The third kappa shape index (κ3) is 3.10.